The van der Waals surface area contributed by atoms with Crippen LogP contribution in [0.25, 0.3) is 0 Å². The second-order valence-corrected chi connectivity index (χ2v) is 12.9. The maximum Gasteiger partial charge on any atom is 0.253 e. The van der Waals surface area contributed by atoms with E-state index in [1.54, 1.807) is 39.0 Å². The van der Waals surface area contributed by atoms with Gasteiger partial charge in [-0.2, -0.15) is 4.99 Å². The number of sulfone groups is 1. The molecule has 0 saturated carbocycles. The van der Waals surface area contributed by atoms with Gasteiger partial charge < -0.3 is 9.64 Å². The fourth-order valence-electron chi connectivity index (χ4n) is 3.67. The van der Waals surface area contributed by atoms with Crippen LogP contribution in [0.3, 0.4) is 0 Å². The summed E-state index contributed by atoms with van der Waals surface area (Å²) in [7, 11) is -3.19. The van der Waals surface area contributed by atoms with Gasteiger partial charge in [-0.1, -0.05) is 56.3 Å². The predicted molar refractivity (Wildman–Crippen MR) is 131 cm³/mol. The lowest BCUT2D eigenvalue weighted by Gasteiger charge is -2.27. The zero-order valence-corrected chi connectivity index (χ0v) is 20.7. The first-order chi connectivity index (χ1) is 14.9. The molecule has 0 N–H and O–H groups in total. The molecule has 32 heavy (non-hydrogen) atoms. The van der Waals surface area contributed by atoms with E-state index in [1.165, 1.54) is 11.8 Å². The van der Waals surface area contributed by atoms with Crippen LogP contribution >= 0.6 is 23.4 Å². The minimum atomic E-state index is -3.19. The van der Waals surface area contributed by atoms with Gasteiger partial charge in [0, 0.05) is 15.7 Å². The Bertz CT molecular complexity index is 1200. The summed E-state index contributed by atoms with van der Waals surface area (Å²) in [6, 6.07) is 12.5. The van der Waals surface area contributed by atoms with Crippen molar-refractivity contribution in [3.05, 3.63) is 53.1 Å². The maximum absolute atomic E-state index is 12.7. The lowest BCUT2D eigenvalue weighted by Crippen LogP contribution is -2.38. The number of aryl methyl sites for hydroxylation is 1. The predicted octanol–water partition coefficient (Wildman–Crippen LogP) is 5.09. The number of benzene rings is 2. The Balaban J connectivity index is 1.81. The van der Waals surface area contributed by atoms with Crippen LogP contribution in [0, 0.1) is 12.3 Å². The third-order valence-electron chi connectivity index (χ3n) is 5.30. The molecule has 2 aliphatic heterocycles. The number of aliphatic imine (C=N–C) groups is 1. The molecule has 0 unspecified atom stereocenters. The molecule has 0 aromatic heterocycles. The van der Waals surface area contributed by atoms with Gasteiger partial charge in [-0.05, 0) is 42.8 Å². The first-order valence-electron chi connectivity index (χ1n) is 10.3. The average Bonchev–Trinajstić information content (AvgIpc) is 3.13. The largest absolute Gasteiger partial charge is 0.455 e. The third kappa shape index (κ3) is 4.82. The summed E-state index contributed by atoms with van der Waals surface area (Å²) < 4.78 is 31.0. The molecule has 0 aliphatic carbocycles. The van der Waals surface area contributed by atoms with Gasteiger partial charge in [0.15, 0.2) is 20.8 Å². The second-order valence-electron chi connectivity index (χ2n) is 9.15. The van der Waals surface area contributed by atoms with Gasteiger partial charge in [-0.25, -0.2) is 8.42 Å². The SMILES string of the molecule is Cc1cccc(Oc2ccc(Cl)cc2N2C(=NC(=O)C(C)(C)C)S[C@@H]3CS(=O)(=O)C[C@H]32)c1. The Morgan fingerprint density at radius 1 is 1.19 bits per heavy atom. The molecule has 0 spiro atoms. The molecule has 2 aromatic carbocycles. The molecule has 2 saturated heterocycles. The number of amides is 1. The molecule has 2 fully saturated rings. The van der Waals surface area contributed by atoms with E-state index in [1.807, 2.05) is 36.1 Å². The van der Waals surface area contributed by atoms with Crippen LogP contribution in [-0.2, 0) is 14.6 Å². The van der Waals surface area contributed by atoms with Crippen molar-refractivity contribution in [2.45, 2.75) is 39.0 Å². The number of carbonyl (C=O) groups is 1. The van der Waals surface area contributed by atoms with Crippen molar-refractivity contribution in [3.63, 3.8) is 0 Å². The van der Waals surface area contributed by atoms with Gasteiger partial charge in [0.1, 0.15) is 5.75 Å². The van der Waals surface area contributed by atoms with Gasteiger partial charge in [0.25, 0.3) is 5.91 Å². The number of rotatable bonds is 3. The number of hydrogen-bond acceptors (Lipinski definition) is 5. The molecule has 4 rings (SSSR count). The molecule has 9 heteroatoms. The van der Waals surface area contributed by atoms with E-state index in [9.17, 15) is 13.2 Å². The summed E-state index contributed by atoms with van der Waals surface area (Å²) in [6.07, 6.45) is 0. The lowest BCUT2D eigenvalue weighted by molar-refractivity contribution is -0.124. The molecule has 170 valence electrons. The highest BCUT2D eigenvalue weighted by molar-refractivity contribution is 8.16. The van der Waals surface area contributed by atoms with E-state index in [0.29, 0.717) is 27.4 Å². The quantitative estimate of drug-likeness (QED) is 0.594. The second kappa shape index (κ2) is 8.39. The fraction of sp³-hybridized carbons (Fsp3) is 0.391. The smallest absolute Gasteiger partial charge is 0.253 e. The van der Waals surface area contributed by atoms with Crippen LogP contribution in [0.2, 0.25) is 5.02 Å². The van der Waals surface area contributed by atoms with Crippen molar-refractivity contribution in [1.29, 1.82) is 0 Å². The number of hydrogen-bond donors (Lipinski definition) is 0. The first kappa shape index (κ1) is 23.1. The Hall–Kier alpha value is -2.03. The molecule has 0 radical (unpaired) electrons. The highest BCUT2D eigenvalue weighted by Gasteiger charge is 2.50. The summed E-state index contributed by atoms with van der Waals surface area (Å²) in [4.78, 5) is 18.9. The molecule has 6 nitrogen and oxygen atoms in total. The van der Waals surface area contributed by atoms with E-state index >= 15 is 0 Å². The summed E-state index contributed by atoms with van der Waals surface area (Å²) >= 11 is 7.67. The summed E-state index contributed by atoms with van der Waals surface area (Å²) in [6.45, 7) is 7.39. The van der Waals surface area contributed by atoms with E-state index < -0.39 is 15.3 Å². The normalized spacial score (nSPS) is 23.4. The Labute approximate surface area is 197 Å². The molecule has 2 atom stereocenters. The molecular weight excluding hydrogens is 468 g/mol. The third-order valence-corrected chi connectivity index (χ3v) is 8.75. The minimum Gasteiger partial charge on any atom is -0.455 e. The van der Waals surface area contributed by atoms with Crippen molar-refractivity contribution in [3.8, 4) is 11.5 Å². The average molecular weight is 493 g/mol. The van der Waals surface area contributed by atoms with Crippen molar-refractivity contribution in [2.75, 3.05) is 16.4 Å². The van der Waals surface area contributed by atoms with Crippen LogP contribution in [0.15, 0.2) is 47.5 Å². The highest BCUT2D eigenvalue weighted by atomic mass is 35.5. The summed E-state index contributed by atoms with van der Waals surface area (Å²) in [5, 5.41) is 0.746. The number of nitrogens with zero attached hydrogens (tertiary/aromatic N) is 2. The zero-order chi connectivity index (χ0) is 23.3. The zero-order valence-electron chi connectivity index (χ0n) is 18.3. The van der Waals surface area contributed by atoms with Gasteiger partial charge in [-0.3, -0.25) is 4.79 Å². The molecule has 2 aromatic rings. The first-order valence-corrected chi connectivity index (χ1v) is 13.3. The van der Waals surface area contributed by atoms with Gasteiger partial charge in [-0.15, -0.1) is 0 Å². The van der Waals surface area contributed by atoms with E-state index in [2.05, 4.69) is 4.99 Å². The molecule has 0 bridgehead atoms. The van der Waals surface area contributed by atoms with Gasteiger partial charge >= 0.3 is 0 Å². The van der Waals surface area contributed by atoms with E-state index in [4.69, 9.17) is 16.3 Å². The highest BCUT2D eigenvalue weighted by Crippen LogP contribution is 2.45. The minimum absolute atomic E-state index is 0.0101. The molecular formula is C23H25ClN2O4S2. The number of anilines is 1. The van der Waals surface area contributed by atoms with Crippen LogP contribution in [0.5, 0.6) is 11.5 Å². The molecule has 1 amide bonds. The molecule has 2 heterocycles. The van der Waals surface area contributed by atoms with Crippen LogP contribution in [0.4, 0.5) is 5.69 Å². The number of carbonyl (C=O) groups excluding carboxylic acids is 1. The van der Waals surface area contributed by atoms with Gasteiger partial charge in [0.2, 0.25) is 0 Å². The number of ether oxygens (including phenoxy) is 1. The van der Waals surface area contributed by atoms with E-state index in [0.717, 1.165) is 5.56 Å². The number of amidine groups is 1. The number of thioether (sulfide) groups is 1. The topological polar surface area (TPSA) is 76.0 Å². The fourth-order valence-corrected chi connectivity index (χ4v) is 7.74. The van der Waals surface area contributed by atoms with Crippen molar-refractivity contribution in [1.82, 2.24) is 0 Å². The Morgan fingerprint density at radius 2 is 1.94 bits per heavy atom. The standard InChI is InChI=1S/C23H25ClN2O4S2/c1-14-6-5-7-16(10-14)30-19-9-8-15(24)11-17(19)26-18-12-32(28,29)13-20(18)31-22(26)25-21(27)23(2,3)4/h5-11,18,20H,12-13H2,1-4H3/t18-,20-/m1/s1. The monoisotopic (exact) mass is 492 g/mol. The number of halogens is 1. The molecule has 2 aliphatic rings. The Morgan fingerprint density at radius 3 is 2.62 bits per heavy atom. The van der Waals surface area contributed by atoms with E-state index in [-0.39, 0.29) is 28.7 Å². The summed E-state index contributed by atoms with van der Waals surface area (Å²) in [5.74, 6) is 0.942. The maximum atomic E-state index is 12.7. The van der Waals surface area contributed by atoms with Crippen molar-refractivity contribution >= 4 is 50.0 Å². The van der Waals surface area contributed by atoms with Crippen LogP contribution in [-0.4, -0.2) is 42.3 Å². The number of fused-ring (bicyclic) bond motifs is 1. The lowest BCUT2D eigenvalue weighted by atomic mass is 9.96. The van der Waals surface area contributed by atoms with Crippen LogP contribution in [0.1, 0.15) is 26.3 Å². The Kier molecular flexibility index (Phi) is 6.07. The van der Waals surface area contributed by atoms with Crippen molar-refractivity contribution < 1.29 is 17.9 Å². The summed E-state index contributed by atoms with van der Waals surface area (Å²) in [5.41, 5.74) is 0.990. The van der Waals surface area contributed by atoms with Crippen LogP contribution < -0.4 is 9.64 Å². The van der Waals surface area contributed by atoms with Gasteiger partial charge in [0.05, 0.1) is 23.2 Å². The van der Waals surface area contributed by atoms with Crippen molar-refractivity contribution in [2.24, 2.45) is 10.4 Å².